The van der Waals surface area contributed by atoms with Crippen molar-refractivity contribution >= 4 is 17.4 Å². The van der Waals surface area contributed by atoms with Gasteiger partial charge in [-0.3, -0.25) is 14.9 Å². The van der Waals surface area contributed by atoms with E-state index in [4.69, 9.17) is 4.74 Å². The molecule has 2 heterocycles. The molecule has 2 atom stereocenters. The number of carbonyl (C=O) groups excluding carboxylic acids is 1. The van der Waals surface area contributed by atoms with Crippen LogP contribution in [0.25, 0.3) is 0 Å². The Bertz CT molecular complexity index is 549. The van der Waals surface area contributed by atoms with E-state index >= 15 is 0 Å². The molecule has 1 aliphatic rings. The number of pyridine rings is 1. The minimum atomic E-state index is -0.608. The Kier molecular flexibility index (Phi) is 4.69. The third kappa shape index (κ3) is 3.46. The summed E-state index contributed by atoms with van der Waals surface area (Å²) < 4.78 is 5.42. The number of nitro groups is 1. The van der Waals surface area contributed by atoms with E-state index in [-0.39, 0.29) is 23.3 Å². The number of hydrogen-bond donors (Lipinski definition) is 2. The van der Waals surface area contributed by atoms with Crippen LogP contribution in [-0.4, -0.2) is 42.1 Å². The highest BCUT2D eigenvalue weighted by molar-refractivity contribution is 5.98. The van der Waals surface area contributed by atoms with Gasteiger partial charge < -0.3 is 15.4 Å². The molecular weight excluding hydrogens is 276 g/mol. The van der Waals surface area contributed by atoms with E-state index in [1.54, 1.807) is 7.05 Å². The van der Waals surface area contributed by atoms with Gasteiger partial charge in [-0.25, -0.2) is 4.98 Å². The molecule has 8 heteroatoms. The zero-order chi connectivity index (χ0) is 15.4. The van der Waals surface area contributed by atoms with Crippen molar-refractivity contribution in [1.82, 2.24) is 10.3 Å². The maximum Gasteiger partial charge on any atom is 0.300 e. The van der Waals surface area contributed by atoms with Crippen LogP contribution < -0.4 is 10.6 Å². The molecule has 114 valence electrons. The molecule has 2 N–H and O–H groups in total. The van der Waals surface area contributed by atoms with E-state index in [0.717, 1.165) is 12.6 Å². The lowest BCUT2D eigenvalue weighted by molar-refractivity contribution is -0.385. The number of carbonyl (C=O) groups is 1. The van der Waals surface area contributed by atoms with E-state index < -0.39 is 10.8 Å². The summed E-state index contributed by atoms with van der Waals surface area (Å²) in [5.41, 5.74) is -0.298. The van der Waals surface area contributed by atoms with Gasteiger partial charge in [0.05, 0.1) is 11.0 Å². The van der Waals surface area contributed by atoms with E-state index in [1.807, 2.05) is 6.92 Å². The number of amides is 1. The molecule has 1 aromatic heterocycles. The van der Waals surface area contributed by atoms with Crippen LogP contribution in [0, 0.1) is 16.0 Å². The first-order valence-electron chi connectivity index (χ1n) is 6.75. The average Bonchev–Trinajstić information content (AvgIpc) is 2.89. The molecule has 0 aromatic carbocycles. The number of hydrogen-bond acceptors (Lipinski definition) is 6. The van der Waals surface area contributed by atoms with Gasteiger partial charge in [0.15, 0.2) is 0 Å². The molecule has 0 radical (unpaired) electrons. The Morgan fingerprint density at radius 3 is 2.95 bits per heavy atom. The molecule has 0 spiro atoms. The first-order valence-corrected chi connectivity index (χ1v) is 6.75. The molecule has 2 rings (SSSR count). The van der Waals surface area contributed by atoms with Gasteiger partial charge in [0.2, 0.25) is 0 Å². The Labute approximate surface area is 122 Å². The van der Waals surface area contributed by atoms with Crippen molar-refractivity contribution in [2.24, 2.45) is 5.92 Å². The molecule has 2 unspecified atom stereocenters. The molecule has 1 aliphatic heterocycles. The first-order chi connectivity index (χ1) is 10.0. The number of anilines is 1. The summed E-state index contributed by atoms with van der Waals surface area (Å²) in [5.74, 6) is 0.168. The summed E-state index contributed by atoms with van der Waals surface area (Å²) >= 11 is 0. The highest BCUT2D eigenvalue weighted by atomic mass is 16.6. The fraction of sp³-hybridized carbons (Fsp3) is 0.538. The topological polar surface area (TPSA) is 106 Å². The lowest BCUT2D eigenvalue weighted by atomic mass is 10.0. The van der Waals surface area contributed by atoms with E-state index in [1.165, 1.54) is 6.07 Å². The van der Waals surface area contributed by atoms with Crippen molar-refractivity contribution in [3.63, 3.8) is 0 Å². The number of nitrogens with zero attached hydrogens (tertiary/aromatic N) is 2. The monoisotopic (exact) mass is 294 g/mol. The second kappa shape index (κ2) is 6.49. The SMILES string of the molecule is CNc1cc(C(=O)NCC2CCOC2C)c([N+](=O)[O-])cn1. The van der Waals surface area contributed by atoms with Crippen LogP contribution in [0.3, 0.4) is 0 Å². The second-order valence-electron chi connectivity index (χ2n) is 4.93. The standard InChI is InChI=1S/C13H18N4O4/c1-8-9(3-4-21-8)6-16-13(18)10-5-12(14-2)15-7-11(10)17(19)20/h5,7-9H,3-4,6H2,1-2H3,(H,14,15)(H,16,18). The Morgan fingerprint density at radius 2 is 2.38 bits per heavy atom. The summed E-state index contributed by atoms with van der Waals surface area (Å²) in [4.78, 5) is 26.4. The largest absolute Gasteiger partial charge is 0.378 e. The summed E-state index contributed by atoms with van der Waals surface area (Å²) in [5, 5.41) is 16.5. The fourth-order valence-corrected chi connectivity index (χ4v) is 2.28. The van der Waals surface area contributed by atoms with Gasteiger partial charge in [-0.15, -0.1) is 0 Å². The number of nitrogens with one attached hydrogen (secondary N) is 2. The highest BCUT2D eigenvalue weighted by Crippen LogP contribution is 2.22. The third-order valence-corrected chi connectivity index (χ3v) is 3.64. The molecular formula is C13H18N4O4. The van der Waals surface area contributed by atoms with E-state index in [2.05, 4.69) is 15.6 Å². The van der Waals surface area contributed by atoms with Gasteiger partial charge in [-0.05, 0) is 13.3 Å². The lowest BCUT2D eigenvalue weighted by Crippen LogP contribution is -2.32. The molecule has 1 fully saturated rings. The Balaban J connectivity index is 2.11. The van der Waals surface area contributed by atoms with Crippen LogP contribution in [0.1, 0.15) is 23.7 Å². The van der Waals surface area contributed by atoms with E-state index in [9.17, 15) is 14.9 Å². The smallest absolute Gasteiger partial charge is 0.300 e. The summed E-state index contributed by atoms with van der Waals surface area (Å²) in [6.07, 6.45) is 2.05. The van der Waals surface area contributed by atoms with Crippen LogP contribution >= 0.6 is 0 Å². The maximum absolute atomic E-state index is 12.2. The zero-order valence-electron chi connectivity index (χ0n) is 12.0. The number of ether oxygens (including phenoxy) is 1. The molecule has 1 aromatic rings. The van der Waals surface area contributed by atoms with Crippen LogP contribution in [0.4, 0.5) is 11.5 Å². The van der Waals surface area contributed by atoms with Gasteiger partial charge in [-0.2, -0.15) is 0 Å². The van der Waals surface area contributed by atoms with E-state index in [0.29, 0.717) is 19.0 Å². The Hall–Kier alpha value is -2.22. The predicted molar refractivity (Wildman–Crippen MR) is 76.3 cm³/mol. The Morgan fingerprint density at radius 1 is 1.62 bits per heavy atom. The van der Waals surface area contributed by atoms with Crippen LogP contribution in [-0.2, 0) is 4.74 Å². The zero-order valence-corrected chi connectivity index (χ0v) is 12.0. The van der Waals surface area contributed by atoms with Crippen LogP contribution in [0.2, 0.25) is 0 Å². The predicted octanol–water partition coefficient (Wildman–Crippen LogP) is 1.19. The summed E-state index contributed by atoms with van der Waals surface area (Å²) in [6, 6.07) is 1.38. The summed E-state index contributed by atoms with van der Waals surface area (Å²) in [6.45, 7) is 3.08. The van der Waals surface area contributed by atoms with Crippen LogP contribution in [0.15, 0.2) is 12.3 Å². The molecule has 0 bridgehead atoms. The van der Waals surface area contributed by atoms with Crippen molar-refractivity contribution in [3.8, 4) is 0 Å². The highest BCUT2D eigenvalue weighted by Gasteiger charge is 2.26. The first kappa shape index (κ1) is 15.2. The van der Waals surface area contributed by atoms with Crippen molar-refractivity contribution in [1.29, 1.82) is 0 Å². The normalized spacial score (nSPS) is 21.0. The van der Waals surface area contributed by atoms with Crippen molar-refractivity contribution in [2.75, 3.05) is 25.5 Å². The average molecular weight is 294 g/mol. The van der Waals surface area contributed by atoms with Crippen LogP contribution in [0.5, 0.6) is 0 Å². The fourth-order valence-electron chi connectivity index (χ4n) is 2.28. The molecule has 21 heavy (non-hydrogen) atoms. The van der Waals surface area contributed by atoms with Gasteiger partial charge in [-0.1, -0.05) is 0 Å². The summed E-state index contributed by atoms with van der Waals surface area (Å²) in [7, 11) is 1.63. The van der Waals surface area contributed by atoms with Crippen molar-refractivity contribution in [3.05, 3.63) is 27.9 Å². The molecule has 1 saturated heterocycles. The maximum atomic E-state index is 12.2. The number of rotatable bonds is 5. The minimum absolute atomic E-state index is 0.00548. The number of aromatic nitrogens is 1. The van der Waals surface area contributed by atoms with Gasteiger partial charge in [0.25, 0.3) is 11.6 Å². The quantitative estimate of drug-likeness (QED) is 0.624. The van der Waals surface area contributed by atoms with Crippen molar-refractivity contribution in [2.45, 2.75) is 19.4 Å². The van der Waals surface area contributed by atoms with Gasteiger partial charge >= 0.3 is 0 Å². The molecule has 1 amide bonds. The van der Waals surface area contributed by atoms with Crippen molar-refractivity contribution < 1.29 is 14.5 Å². The lowest BCUT2D eigenvalue weighted by Gasteiger charge is -2.14. The molecule has 0 saturated carbocycles. The second-order valence-corrected chi connectivity index (χ2v) is 4.93. The van der Waals surface area contributed by atoms with Gasteiger partial charge in [0.1, 0.15) is 17.6 Å². The molecule has 0 aliphatic carbocycles. The molecule has 8 nitrogen and oxygen atoms in total. The third-order valence-electron chi connectivity index (χ3n) is 3.64. The minimum Gasteiger partial charge on any atom is -0.378 e. The van der Waals surface area contributed by atoms with Gasteiger partial charge in [0, 0.05) is 32.2 Å².